The van der Waals surface area contributed by atoms with Crippen LogP contribution < -0.4 is 0 Å². The van der Waals surface area contributed by atoms with Crippen molar-refractivity contribution in [3.63, 3.8) is 0 Å². The zero-order chi connectivity index (χ0) is 12.7. The minimum absolute atomic E-state index is 0.175. The number of hydrogen-bond acceptors (Lipinski definition) is 2. The fourth-order valence-electron chi connectivity index (χ4n) is 1.81. The second-order valence-electron chi connectivity index (χ2n) is 3.91. The van der Waals surface area contributed by atoms with E-state index >= 15 is 0 Å². The lowest BCUT2D eigenvalue weighted by Gasteiger charge is -2.00. The number of phenolic OH excluding ortho intramolecular Hbond substituents is 1. The molecule has 0 bridgehead atoms. The quantitative estimate of drug-likeness (QED) is 0.699. The second kappa shape index (κ2) is 4.30. The van der Waals surface area contributed by atoms with Gasteiger partial charge in [0.15, 0.2) is 0 Å². The molecule has 0 aliphatic rings. The van der Waals surface area contributed by atoms with Crippen LogP contribution >= 0.6 is 27.5 Å². The lowest BCUT2D eigenvalue weighted by Crippen LogP contribution is -1.81. The van der Waals surface area contributed by atoms with Crippen LogP contribution in [0.25, 0.3) is 22.4 Å². The number of imidazole rings is 1. The molecular formula is C13H8BrClN2O. The van der Waals surface area contributed by atoms with Crippen molar-refractivity contribution in [3.8, 4) is 17.1 Å². The van der Waals surface area contributed by atoms with Crippen LogP contribution in [0.15, 0.2) is 40.9 Å². The molecule has 0 atom stereocenters. The molecule has 3 rings (SSSR count). The van der Waals surface area contributed by atoms with Gasteiger partial charge in [0.05, 0.1) is 16.6 Å². The zero-order valence-electron chi connectivity index (χ0n) is 9.11. The van der Waals surface area contributed by atoms with Crippen molar-refractivity contribution in [2.75, 3.05) is 0 Å². The van der Waals surface area contributed by atoms with E-state index in [1.807, 2.05) is 18.2 Å². The summed E-state index contributed by atoms with van der Waals surface area (Å²) in [4.78, 5) is 7.57. The summed E-state index contributed by atoms with van der Waals surface area (Å²) in [7, 11) is 0. The fourth-order valence-corrected chi connectivity index (χ4v) is 2.34. The summed E-state index contributed by atoms with van der Waals surface area (Å²) in [5.41, 5.74) is 2.32. The number of hydrogen-bond donors (Lipinski definition) is 2. The predicted molar refractivity (Wildman–Crippen MR) is 75.9 cm³/mol. The molecule has 90 valence electrons. The largest absolute Gasteiger partial charge is 0.507 e. The van der Waals surface area contributed by atoms with Gasteiger partial charge in [0.2, 0.25) is 0 Å². The van der Waals surface area contributed by atoms with Gasteiger partial charge in [-0.05, 0) is 36.4 Å². The maximum Gasteiger partial charge on any atom is 0.142 e. The van der Waals surface area contributed by atoms with Gasteiger partial charge in [0.1, 0.15) is 11.6 Å². The zero-order valence-corrected chi connectivity index (χ0v) is 11.5. The van der Waals surface area contributed by atoms with E-state index in [2.05, 4.69) is 25.9 Å². The molecule has 1 aromatic heterocycles. The van der Waals surface area contributed by atoms with E-state index in [-0.39, 0.29) is 5.75 Å². The third-order valence-electron chi connectivity index (χ3n) is 2.66. The summed E-state index contributed by atoms with van der Waals surface area (Å²) >= 11 is 9.23. The topological polar surface area (TPSA) is 48.9 Å². The van der Waals surface area contributed by atoms with Crippen molar-refractivity contribution in [2.45, 2.75) is 0 Å². The summed E-state index contributed by atoms with van der Waals surface area (Å²) in [5, 5.41) is 10.6. The summed E-state index contributed by atoms with van der Waals surface area (Å²) < 4.78 is 0.822. The number of phenols is 1. The lowest BCUT2D eigenvalue weighted by atomic mass is 10.2. The van der Waals surface area contributed by atoms with E-state index in [9.17, 15) is 5.11 Å². The Hall–Kier alpha value is -1.52. The van der Waals surface area contributed by atoms with E-state index < -0.39 is 0 Å². The van der Waals surface area contributed by atoms with Gasteiger partial charge >= 0.3 is 0 Å². The minimum atomic E-state index is 0.175. The molecule has 5 heteroatoms. The van der Waals surface area contributed by atoms with Gasteiger partial charge in [-0.2, -0.15) is 0 Å². The van der Waals surface area contributed by atoms with Crippen LogP contribution in [0.5, 0.6) is 5.75 Å². The number of rotatable bonds is 1. The number of benzene rings is 2. The number of aromatic nitrogens is 2. The van der Waals surface area contributed by atoms with Crippen molar-refractivity contribution < 1.29 is 5.11 Å². The van der Waals surface area contributed by atoms with Crippen LogP contribution in [0.3, 0.4) is 0 Å². The van der Waals surface area contributed by atoms with Gasteiger partial charge in [-0.15, -0.1) is 0 Å². The van der Waals surface area contributed by atoms with Crippen molar-refractivity contribution in [3.05, 3.63) is 45.9 Å². The highest BCUT2D eigenvalue weighted by Crippen LogP contribution is 2.31. The molecular weight excluding hydrogens is 316 g/mol. The highest BCUT2D eigenvalue weighted by Gasteiger charge is 2.10. The smallest absolute Gasteiger partial charge is 0.142 e. The molecule has 1 heterocycles. The Kier molecular flexibility index (Phi) is 2.76. The number of nitrogens with one attached hydrogen (secondary N) is 1. The molecule has 3 aromatic rings. The Balaban J connectivity index is 2.19. The first-order valence-corrected chi connectivity index (χ1v) is 6.45. The Morgan fingerprint density at radius 3 is 2.78 bits per heavy atom. The average Bonchev–Trinajstić information content (AvgIpc) is 2.71. The molecule has 0 aliphatic carbocycles. The van der Waals surface area contributed by atoms with Crippen LogP contribution in [0.4, 0.5) is 0 Å². The van der Waals surface area contributed by atoms with Crippen LogP contribution in [-0.2, 0) is 0 Å². The van der Waals surface area contributed by atoms with Gasteiger partial charge in [-0.1, -0.05) is 27.5 Å². The van der Waals surface area contributed by atoms with Gasteiger partial charge < -0.3 is 10.1 Å². The van der Waals surface area contributed by atoms with Crippen LogP contribution in [-0.4, -0.2) is 15.1 Å². The van der Waals surface area contributed by atoms with Gasteiger partial charge in [-0.3, -0.25) is 0 Å². The number of H-pyrrole nitrogens is 1. The second-order valence-corrected chi connectivity index (χ2v) is 5.26. The van der Waals surface area contributed by atoms with E-state index in [1.165, 1.54) is 0 Å². The molecule has 0 saturated heterocycles. The number of halogens is 2. The maximum atomic E-state index is 9.91. The number of aromatic hydroxyl groups is 1. The lowest BCUT2D eigenvalue weighted by molar-refractivity contribution is 0.476. The Morgan fingerprint density at radius 2 is 2.00 bits per heavy atom. The summed E-state index contributed by atoms with van der Waals surface area (Å²) in [6.07, 6.45) is 0. The first kappa shape index (κ1) is 11.6. The Morgan fingerprint density at radius 1 is 1.17 bits per heavy atom. The normalized spacial score (nSPS) is 11.0. The number of fused-ring (bicyclic) bond motifs is 1. The molecule has 3 nitrogen and oxygen atoms in total. The first-order chi connectivity index (χ1) is 8.63. The van der Waals surface area contributed by atoms with Crippen LogP contribution in [0.2, 0.25) is 5.02 Å². The third-order valence-corrected chi connectivity index (χ3v) is 3.39. The predicted octanol–water partition coefficient (Wildman–Crippen LogP) is 4.35. The standard InChI is InChI=1S/C13H8BrClN2O/c14-7-1-3-9(12(18)5-7)13-16-10-4-2-8(15)6-11(10)17-13/h1-6,18H,(H,16,17). The molecule has 0 radical (unpaired) electrons. The molecule has 0 fully saturated rings. The molecule has 0 spiro atoms. The highest BCUT2D eigenvalue weighted by molar-refractivity contribution is 9.10. The van der Waals surface area contributed by atoms with Crippen LogP contribution in [0.1, 0.15) is 0 Å². The summed E-state index contributed by atoms with van der Waals surface area (Å²) in [5.74, 6) is 0.798. The molecule has 0 saturated carbocycles. The van der Waals surface area contributed by atoms with Gasteiger partial charge in [0, 0.05) is 9.50 Å². The minimum Gasteiger partial charge on any atom is -0.507 e. The molecule has 0 unspecified atom stereocenters. The molecule has 0 amide bonds. The molecule has 2 N–H and O–H groups in total. The van der Waals surface area contributed by atoms with Gasteiger partial charge in [-0.25, -0.2) is 4.98 Å². The SMILES string of the molecule is Oc1cc(Br)ccc1-c1nc2ccc(Cl)cc2[nH]1. The van der Waals surface area contributed by atoms with E-state index in [4.69, 9.17) is 11.6 Å². The number of aromatic amines is 1. The maximum absolute atomic E-state index is 9.91. The monoisotopic (exact) mass is 322 g/mol. The van der Waals surface area contributed by atoms with Crippen molar-refractivity contribution in [2.24, 2.45) is 0 Å². The summed E-state index contributed by atoms with van der Waals surface area (Å²) in [6, 6.07) is 10.7. The highest BCUT2D eigenvalue weighted by atomic mass is 79.9. The third kappa shape index (κ3) is 1.98. The van der Waals surface area contributed by atoms with E-state index in [0.717, 1.165) is 15.5 Å². The average molecular weight is 324 g/mol. The van der Waals surface area contributed by atoms with Crippen molar-refractivity contribution in [1.82, 2.24) is 9.97 Å². The van der Waals surface area contributed by atoms with Crippen molar-refractivity contribution in [1.29, 1.82) is 0 Å². The first-order valence-electron chi connectivity index (χ1n) is 5.27. The van der Waals surface area contributed by atoms with Gasteiger partial charge in [0.25, 0.3) is 0 Å². The molecule has 18 heavy (non-hydrogen) atoms. The molecule has 0 aliphatic heterocycles. The van der Waals surface area contributed by atoms with Crippen molar-refractivity contribution >= 4 is 38.6 Å². The number of nitrogens with zero attached hydrogens (tertiary/aromatic N) is 1. The Labute approximate surface area is 117 Å². The Bertz CT molecular complexity index is 739. The van der Waals surface area contributed by atoms with E-state index in [1.54, 1.807) is 18.2 Å². The summed E-state index contributed by atoms with van der Waals surface area (Å²) in [6.45, 7) is 0. The fraction of sp³-hybridized carbons (Fsp3) is 0. The molecule has 2 aromatic carbocycles. The van der Waals surface area contributed by atoms with Crippen LogP contribution in [0, 0.1) is 0 Å². The van der Waals surface area contributed by atoms with E-state index in [0.29, 0.717) is 16.4 Å².